The minimum atomic E-state index is -0.553. The van der Waals surface area contributed by atoms with E-state index in [0.29, 0.717) is 5.69 Å². The third-order valence-corrected chi connectivity index (χ3v) is 3.61. The maximum absolute atomic E-state index is 12.2. The SMILES string of the molecule is Cc1ccc([N+](=O)[O-])c(C(=O)Nc2ccc(CBr)cc2)c1. The van der Waals surface area contributed by atoms with Gasteiger partial charge in [0, 0.05) is 17.1 Å². The molecule has 1 amide bonds. The summed E-state index contributed by atoms with van der Waals surface area (Å²) >= 11 is 3.34. The van der Waals surface area contributed by atoms with Crippen LogP contribution in [0.15, 0.2) is 42.5 Å². The molecule has 0 saturated carbocycles. The molecule has 21 heavy (non-hydrogen) atoms. The van der Waals surface area contributed by atoms with E-state index in [1.165, 1.54) is 12.1 Å². The molecule has 0 aliphatic rings. The number of rotatable bonds is 4. The van der Waals surface area contributed by atoms with Crippen LogP contribution in [0.2, 0.25) is 0 Å². The molecule has 0 radical (unpaired) electrons. The van der Waals surface area contributed by atoms with Crippen LogP contribution in [0, 0.1) is 17.0 Å². The second-order valence-electron chi connectivity index (χ2n) is 4.56. The maximum atomic E-state index is 12.2. The van der Waals surface area contributed by atoms with E-state index in [4.69, 9.17) is 0 Å². The number of carbonyl (C=O) groups is 1. The lowest BCUT2D eigenvalue weighted by molar-refractivity contribution is -0.385. The topological polar surface area (TPSA) is 72.2 Å². The summed E-state index contributed by atoms with van der Waals surface area (Å²) in [5, 5.41) is 14.4. The third kappa shape index (κ3) is 3.66. The summed E-state index contributed by atoms with van der Waals surface area (Å²) in [7, 11) is 0. The first kappa shape index (κ1) is 15.2. The van der Waals surface area contributed by atoms with E-state index >= 15 is 0 Å². The van der Waals surface area contributed by atoms with Crippen molar-refractivity contribution in [1.82, 2.24) is 0 Å². The quantitative estimate of drug-likeness (QED) is 0.514. The fraction of sp³-hybridized carbons (Fsp3) is 0.133. The van der Waals surface area contributed by atoms with E-state index in [1.807, 2.05) is 12.1 Å². The van der Waals surface area contributed by atoms with Crippen molar-refractivity contribution in [2.45, 2.75) is 12.3 Å². The van der Waals surface area contributed by atoms with Crippen molar-refractivity contribution < 1.29 is 9.72 Å². The number of nitrogens with one attached hydrogen (secondary N) is 1. The Labute approximate surface area is 130 Å². The van der Waals surface area contributed by atoms with Gasteiger partial charge in [0.1, 0.15) is 5.56 Å². The van der Waals surface area contributed by atoms with Crippen LogP contribution in [0.25, 0.3) is 0 Å². The van der Waals surface area contributed by atoms with Gasteiger partial charge < -0.3 is 5.32 Å². The zero-order valence-corrected chi connectivity index (χ0v) is 12.9. The molecule has 0 atom stereocenters. The Morgan fingerprint density at radius 3 is 2.48 bits per heavy atom. The average Bonchev–Trinajstić information content (AvgIpc) is 2.47. The maximum Gasteiger partial charge on any atom is 0.282 e. The number of carbonyl (C=O) groups excluding carboxylic acids is 1. The Balaban J connectivity index is 2.27. The molecule has 2 aromatic carbocycles. The summed E-state index contributed by atoms with van der Waals surface area (Å²) in [5.74, 6) is -0.489. The Morgan fingerprint density at radius 2 is 1.90 bits per heavy atom. The zero-order valence-electron chi connectivity index (χ0n) is 11.3. The van der Waals surface area contributed by atoms with Crippen LogP contribution in [0.3, 0.4) is 0 Å². The molecule has 2 rings (SSSR count). The number of nitro benzene ring substituents is 1. The minimum absolute atomic E-state index is 0.0598. The van der Waals surface area contributed by atoms with Gasteiger partial charge in [0.2, 0.25) is 0 Å². The molecule has 6 heteroatoms. The molecule has 0 unspecified atom stereocenters. The number of amides is 1. The first-order chi connectivity index (χ1) is 10.0. The summed E-state index contributed by atoms with van der Waals surface area (Å²) in [6, 6.07) is 11.7. The molecular weight excluding hydrogens is 336 g/mol. The fourth-order valence-corrected chi connectivity index (χ4v) is 2.24. The summed E-state index contributed by atoms with van der Waals surface area (Å²) in [5.41, 5.74) is 2.33. The molecule has 0 aliphatic heterocycles. The number of halogens is 1. The minimum Gasteiger partial charge on any atom is -0.322 e. The van der Waals surface area contributed by atoms with Crippen LogP contribution in [0.1, 0.15) is 21.5 Å². The number of aryl methyl sites for hydroxylation is 1. The summed E-state index contributed by atoms with van der Waals surface area (Å²) in [6.07, 6.45) is 0. The molecule has 1 N–H and O–H groups in total. The molecule has 2 aromatic rings. The van der Waals surface area contributed by atoms with E-state index in [9.17, 15) is 14.9 Å². The lowest BCUT2D eigenvalue weighted by atomic mass is 10.1. The van der Waals surface area contributed by atoms with Gasteiger partial charge in [-0.3, -0.25) is 14.9 Å². The molecule has 0 aromatic heterocycles. The highest BCUT2D eigenvalue weighted by Gasteiger charge is 2.20. The largest absolute Gasteiger partial charge is 0.322 e. The van der Waals surface area contributed by atoms with Gasteiger partial charge in [-0.25, -0.2) is 0 Å². The van der Waals surface area contributed by atoms with Crippen LogP contribution in [-0.4, -0.2) is 10.8 Å². The van der Waals surface area contributed by atoms with Gasteiger partial charge in [-0.05, 0) is 36.2 Å². The predicted octanol–water partition coefficient (Wildman–Crippen LogP) is 4.05. The van der Waals surface area contributed by atoms with Crippen molar-refractivity contribution in [3.8, 4) is 0 Å². The van der Waals surface area contributed by atoms with Crippen LogP contribution in [0.5, 0.6) is 0 Å². The molecule has 0 bridgehead atoms. The number of nitro groups is 1. The van der Waals surface area contributed by atoms with Crippen molar-refractivity contribution >= 4 is 33.2 Å². The van der Waals surface area contributed by atoms with Crippen molar-refractivity contribution in [1.29, 1.82) is 0 Å². The van der Waals surface area contributed by atoms with E-state index in [0.717, 1.165) is 16.5 Å². The van der Waals surface area contributed by atoms with Crippen LogP contribution in [0.4, 0.5) is 11.4 Å². The zero-order chi connectivity index (χ0) is 15.4. The lowest BCUT2D eigenvalue weighted by Crippen LogP contribution is -2.14. The van der Waals surface area contributed by atoms with Crippen LogP contribution >= 0.6 is 15.9 Å². The number of anilines is 1. The smallest absolute Gasteiger partial charge is 0.282 e. The van der Waals surface area contributed by atoms with Gasteiger partial charge in [-0.1, -0.05) is 34.1 Å². The van der Waals surface area contributed by atoms with Crippen molar-refractivity contribution in [3.05, 3.63) is 69.3 Å². The summed E-state index contributed by atoms with van der Waals surface area (Å²) < 4.78 is 0. The molecule has 0 heterocycles. The normalized spacial score (nSPS) is 10.2. The first-order valence-corrected chi connectivity index (χ1v) is 7.34. The number of hydrogen-bond donors (Lipinski definition) is 1. The highest BCUT2D eigenvalue weighted by molar-refractivity contribution is 9.08. The molecule has 0 aliphatic carbocycles. The van der Waals surface area contributed by atoms with Gasteiger partial charge >= 0.3 is 0 Å². The second kappa shape index (κ2) is 6.49. The number of hydrogen-bond acceptors (Lipinski definition) is 3. The Kier molecular flexibility index (Phi) is 4.70. The molecule has 108 valence electrons. The number of nitrogens with zero attached hydrogens (tertiary/aromatic N) is 1. The second-order valence-corrected chi connectivity index (χ2v) is 5.12. The monoisotopic (exact) mass is 348 g/mol. The van der Waals surface area contributed by atoms with Crippen molar-refractivity contribution in [2.75, 3.05) is 5.32 Å². The fourth-order valence-electron chi connectivity index (χ4n) is 1.87. The van der Waals surface area contributed by atoms with Crippen molar-refractivity contribution in [3.63, 3.8) is 0 Å². The summed E-state index contributed by atoms with van der Waals surface area (Å²) in [6.45, 7) is 1.78. The van der Waals surface area contributed by atoms with Gasteiger partial charge in [0.15, 0.2) is 0 Å². The van der Waals surface area contributed by atoms with E-state index < -0.39 is 10.8 Å². The highest BCUT2D eigenvalue weighted by atomic mass is 79.9. The van der Waals surface area contributed by atoms with E-state index in [2.05, 4.69) is 21.2 Å². The molecule has 0 saturated heterocycles. The Bertz CT molecular complexity index is 684. The van der Waals surface area contributed by atoms with Gasteiger partial charge in [-0.15, -0.1) is 0 Å². The average molecular weight is 349 g/mol. The van der Waals surface area contributed by atoms with Gasteiger partial charge in [-0.2, -0.15) is 0 Å². The number of alkyl halides is 1. The molecule has 5 nitrogen and oxygen atoms in total. The first-order valence-electron chi connectivity index (χ1n) is 6.22. The predicted molar refractivity (Wildman–Crippen MR) is 84.9 cm³/mol. The molecule has 0 spiro atoms. The van der Waals surface area contributed by atoms with E-state index in [-0.39, 0.29) is 11.3 Å². The Hall–Kier alpha value is -2.21. The van der Waals surface area contributed by atoms with Crippen molar-refractivity contribution in [2.24, 2.45) is 0 Å². The number of benzene rings is 2. The molecular formula is C15H13BrN2O3. The Morgan fingerprint density at radius 1 is 1.24 bits per heavy atom. The lowest BCUT2D eigenvalue weighted by Gasteiger charge is -2.07. The van der Waals surface area contributed by atoms with Crippen LogP contribution in [-0.2, 0) is 5.33 Å². The van der Waals surface area contributed by atoms with Gasteiger partial charge in [0.05, 0.1) is 4.92 Å². The highest BCUT2D eigenvalue weighted by Crippen LogP contribution is 2.21. The molecule has 0 fully saturated rings. The summed E-state index contributed by atoms with van der Waals surface area (Å²) in [4.78, 5) is 22.7. The van der Waals surface area contributed by atoms with Gasteiger partial charge in [0.25, 0.3) is 11.6 Å². The van der Waals surface area contributed by atoms with E-state index in [1.54, 1.807) is 25.1 Å². The standard InChI is InChI=1S/C15H13BrN2O3/c1-10-2-7-14(18(20)21)13(8-10)15(19)17-12-5-3-11(9-16)4-6-12/h2-8H,9H2,1H3,(H,17,19). The third-order valence-electron chi connectivity index (χ3n) is 2.96. The van der Waals surface area contributed by atoms with Crippen LogP contribution < -0.4 is 5.32 Å².